The topological polar surface area (TPSA) is 12.9 Å². The second-order valence-electron chi connectivity index (χ2n) is 1.52. The van der Waals surface area contributed by atoms with E-state index in [1.54, 1.807) is 0 Å². The minimum Gasteiger partial charge on any atom is -0.240 e. The van der Waals surface area contributed by atoms with Gasteiger partial charge in [0.25, 0.3) is 0 Å². The zero-order valence-electron chi connectivity index (χ0n) is 4.54. The molecular weight excluding hydrogens is 335 g/mol. The zero-order valence-corrected chi connectivity index (χ0v) is 9.04. The third kappa shape index (κ3) is 1.60. The predicted octanol–water partition coefficient (Wildman–Crippen LogP) is 3.24. The lowest BCUT2D eigenvalue weighted by atomic mass is 10.5. The molecule has 54 valence electrons. The molecule has 1 heterocycles. The van der Waals surface area contributed by atoms with Gasteiger partial charge in [0.05, 0.1) is 8.04 Å². The number of hydrogen-bond donors (Lipinski definition) is 0. The number of nitrogens with zero attached hydrogens (tertiary/aromatic N) is 1. The molecule has 0 aliphatic carbocycles. The van der Waals surface area contributed by atoms with Gasteiger partial charge < -0.3 is 0 Å². The van der Waals surface area contributed by atoms with Crippen molar-refractivity contribution in [3.05, 3.63) is 25.2 Å². The molecule has 0 fully saturated rings. The first kappa shape index (κ1) is 8.67. The fourth-order valence-corrected chi connectivity index (χ4v) is 1.40. The summed E-state index contributed by atoms with van der Waals surface area (Å²) in [7, 11) is 0. The van der Waals surface area contributed by atoms with Crippen LogP contribution in [0.3, 0.4) is 0 Å². The van der Waals surface area contributed by atoms with Crippen LogP contribution in [-0.4, -0.2) is 4.98 Å². The van der Waals surface area contributed by atoms with E-state index >= 15 is 0 Å². The van der Waals surface area contributed by atoms with E-state index in [9.17, 15) is 4.39 Å². The average molecular weight is 336 g/mol. The van der Waals surface area contributed by atoms with Crippen LogP contribution in [0.15, 0.2) is 10.7 Å². The Hall–Kier alpha value is 0.580. The van der Waals surface area contributed by atoms with Crippen molar-refractivity contribution in [1.82, 2.24) is 4.98 Å². The van der Waals surface area contributed by atoms with Gasteiger partial charge in [0.2, 0.25) is 0 Å². The summed E-state index contributed by atoms with van der Waals surface area (Å²) in [6, 6.07) is 0. The maximum atomic E-state index is 12.8. The Balaban J connectivity index is 3.34. The SMILES string of the molecule is Fc1c(Cl)ncc(Br)c1I. The van der Waals surface area contributed by atoms with Gasteiger partial charge in [-0.05, 0) is 38.5 Å². The molecule has 0 radical (unpaired) electrons. The molecule has 0 aliphatic heterocycles. The third-order valence-electron chi connectivity index (χ3n) is 0.875. The highest BCUT2D eigenvalue weighted by Gasteiger charge is 2.07. The second-order valence-corrected chi connectivity index (χ2v) is 3.82. The number of rotatable bonds is 0. The van der Waals surface area contributed by atoms with Crippen molar-refractivity contribution in [1.29, 1.82) is 0 Å². The molecule has 10 heavy (non-hydrogen) atoms. The molecule has 0 saturated carbocycles. The number of halogens is 4. The molecule has 0 bridgehead atoms. The Bertz CT molecular complexity index is 241. The van der Waals surface area contributed by atoms with Crippen molar-refractivity contribution < 1.29 is 4.39 Å². The largest absolute Gasteiger partial charge is 0.240 e. The van der Waals surface area contributed by atoms with Crippen molar-refractivity contribution in [2.24, 2.45) is 0 Å². The summed E-state index contributed by atoms with van der Waals surface area (Å²) >= 11 is 10.3. The van der Waals surface area contributed by atoms with Gasteiger partial charge >= 0.3 is 0 Å². The van der Waals surface area contributed by atoms with Crippen LogP contribution in [0.1, 0.15) is 0 Å². The van der Waals surface area contributed by atoms with Crippen molar-refractivity contribution in [3.63, 3.8) is 0 Å². The van der Waals surface area contributed by atoms with Crippen LogP contribution >= 0.6 is 50.1 Å². The van der Waals surface area contributed by atoms with Gasteiger partial charge in [0.1, 0.15) is 0 Å². The van der Waals surface area contributed by atoms with Crippen LogP contribution in [0.25, 0.3) is 0 Å². The Morgan fingerprint density at radius 2 is 2.30 bits per heavy atom. The summed E-state index contributed by atoms with van der Waals surface area (Å²) in [5.74, 6) is -0.475. The third-order valence-corrected chi connectivity index (χ3v) is 3.54. The van der Waals surface area contributed by atoms with Gasteiger partial charge in [-0.25, -0.2) is 9.37 Å². The molecule has 0 aromatic carbocycles. The molecule has 0 N–H and O–H groups in total. The van der Waals surface area contributed by atoms with Gasteiger partial charge in [-0.2, -0.15) is 0 Å². The van der Waals surface area contributed by atoms with E-state index < -0.39 is 5.82 Å². The molecular formula is C5HBrClFIN. The predicted molar refractivity (Wildman–Crippen MR) is 49.6 cm³/mol. The molecule has 0 unspecified atom stereocenters. The van der Waals surface area contributed by atoms with E-state index in [1.165, 1.54) is 6.20 Å². The maximum absolute atomic E-state index is 12.8. The number of hydrogen-bond acceptors (Lipinski definition) is 1. The minimum absolute atomic E-state index is 0.0902. The van der Waals surface area contributed by atoms with Gasteiger partial charge in [0, 0.05) is 6.20 Å². The summed E-state index contributed by atoms with van der Waals surface area (Å²) in [5.41, 5.74) is 0. The maximum Gasteiger partial charge on any atom is 0.174 e. The summed E-state index contributed by atoms with van der Waals surface area (Å²) in [6.45, 7) is 0. The van der Waals surface area contributed by atoms with Crippen LogP contribution in [-0.2, 0) is 0 Å². The first-order chi connectivity index (χ1) is 4.63. The smallest absolute Gasteiger partial charge is 0.174 e. The van der Waals surface area contributed by atoms with E-state index in [4.69, 9.17) is 11.6 Å². The Labute approximate surface area is 84.2 Å². The molecule has 1 aromatic heterocycles. The zero-order chi connectivity index (χ0) is 7.72. The molecule has 1 aromatic rings. The van der Waals surface area contributed by atoms with E-state index in [1.807, 2.05) is 22.6 Å². The Kier molecular flexibility index (Phi) is 2.88. The van der Waals surface area contributed by atoms with E-state index in [0.29, 0.717) is 8.04 Å². The van der Waals surface area contributed by atoms with E-state index in [-0.39, 0.29) is 5.15 Å². The minimum atomic E-state index is -0.475. The standard InChI is InChI=1S/C5HBrClFIN/c6-2-1-10-5(7)3(8)4(2)9/h1H. The van der Waals surface area contributed by atoms with Crippen molar-refractivity contribution in [2.75, 3.05) is 0 Å². The van der Waals surface area contributed by atoms with Crippen molar-refractivity contribution in [2.45, 2.75) is 0 Å². The second kappa shape index (κ2) is 3.32. The molecule has 0 amide bonds. The number of aromatic nitrogens is 1. The van der Waals surface area contributed by atoms with Crippen LogP contribution in [0.5, 0.6) is 0 Å². The highest BCUT2D eigenvalue weighted by atomic mass is 127. The molecule has 0 atom stereocenters. The van der Waals surface area contributed by atoms with Gasteiger partial charge in [0.15, 0.2) is 11.0 Å². The van der Waals surface area contributed by atoms with Crippen LogP contribution in [0.4, 0.5) is 4.39 Å². The fraction of sp³-hybridized carbons (Fsp3) is 0. The Morgan fingerprint density at radius 1 is 1.70 bits per heavy atom. The molecule has 0 aliphatic rings. The van der Waals surface area contributed by atoms with Crippen molar-refractivity contribution in [3.8, 4) is 0 Å². The fourth-order valence-electron chi connectivity index (χ4n) is 0.422. The molecule has 5 heteroatoms. The quantitative estimate of drug-likeness (QED) is 0.524. The van der Waals surface area contributed by atoms with Gasteiger partial charge in [-0.15, -0.1) is 0 Å². The highest BCUT2D eigenvalue weighted by molar-refractivity contribution is 14.1. The lowest BCUT2D eigenvalue weighted by Crippen LogP contribution is -1.87. The highest BCUT2D eigenvalue weighted by Crippen LogP contribution is 2.24. The Morgan fingerprint density at radius 3 is 2.80 bits per heavy atom. The summed E-state index contributed by atoms with van der Waals surface area (Å²) in [4.78, 5) is 3.58. The average Bonchev–Trinajstić information content (AvgIpc) is 1.93. The lowest BCUT2D eigenvalue weighted by molar-refractivity contribution is 0.613. The molecule has 1 rings (SSSR count). The van der Waals surface area contributed by atoms with E-state index in [2.05, 4.69) is 20.9 Å². The monoisotopic (exact) mass is 335 g/mol. The van der Waals surface area contributed by atoms with Crippen LogP contribution < -0.4 is 0 Å². The number of pyridine rings is 1. The lowest BCUT2D eigenvalue weighted by Gasteiger charge is -1.97. The normalized spacial score (nSPS) is 10.0. The summed E-state index contributed by atoms with van der Waals surface area (Å²) in [5, 5.41) is -0.0902. The summed E-state index contributed by atoms with van der Waals surface area (Å²) < 4.78 is 13.8. The van der Waals surface area contributed by atoms with Gasteiger partial charge in [-0.3, -0.25) is 0 Å². The van der Waals surface area contributed by atoms with E-state index in [0.717, 1.165) is 0 Å². The van der Waals surface area contributed by atoms with Crippen molar-refractivity contribution >= 4 is 50.1 Å². The first-order valence-electron chi connectivity index (χ1n) is 2.28. The molecule has 0 spiro atoms. The first-order valence-corrected chi connectivity index (χ1v) is 4.53. The molecule has 1 nitrogen and oxygen atoms in total. The summed E-state index contributed by atoms with van der Waals surface area (Å²) in [6.07, 6.45) is 1.47. The van der Waals surface area contributed by atoms with Gasteiger partial charge in [-0.1, -0.05) is 11.6 Å². The van der Waals surface area contributed by atoms with Crippen LogP contribution in [0, 0.1) is 9.39 Å². The molecule has 0 saturated heterocycles. The van der Waals surface area contributed by atoms with Crippen LogP contribution in [0.2, 0.25) is 5.15 Å².